The lowest BCUT2D eigenvalue weighted by Gasteiger charge is -2.28. The number of carbonyl (C=O) groups is 2. The predicted octanol–water partition coefficient (Wildman–Crippen LogP) is 7.20. The second-order valence-corrected chi connectivity index (χ2v) is 9.94. The minimum atomic E-state index is -1.66. The molecule has 0 saturated heterocycles. The lowest BCUT2D eigenvalue weighted by Crippen LogP contribution is -2.29. The van der Waals surface area contributed by atoms with E-state index in [1.165, 1.54) is 6.21 Å². The SMILES string of the molecule is CC(=O)CCCCCCC(=O)NC(c1ccc(C=N)cc1)P(Oc1ccccc1)Oc1ccccc1. The zero-order valence-electron chi connectivity index (χ0n) is 20.6. The van der Waals surface area contributed by atoms with Crippen molar-refractivity contribution < 1.29 is 18.6 Å². The monoisotopic (exact) mass is 504 g/mol. The Bertz CT molecular complexity index is 1050. The molecule has 0 aliphatic rings. The Hall–Kier alpha value is -3.50. The van der Waals surface area contributed by atoms with Crippen LogP contribution in [0.15, 0.2) is 84.9 Å². The Morgan fingerprint density at radius 3 is 1.83 bits per heavy atom. The topological polar surface area (TPSA) is 88.5 Å². The van der Waals surface area contributed by atoms with Gasteiger partial charge in [-0.25, -0.2) is 0 Å². The average Bonchev–Trinajstić information content (AvgIpc) is 2.90. The Morgan fingerprint density at radius 2 is 1.33 bits per heavy atom. The molecular formula is C29H33N2O4P. The highest BCUT2D eigenvalue weighted by atomic mass is 31.2. The molecule has 0 saturated carbocycles. The fourth-order valence-corrected chi connectivity index (χ4v) is 5.14. The molecule has 3 aromatic rings. The van der Waals surface area contributed by atoms with E-state index in [9.17, 15) is 9.59 Å². The van der Waals surface area contributed by atoms with Gasteiger partial charge in [0, 0.05) is 19.1 Å². The standard InChI is InChI=1S/C29H33N2O4P/c1-23(32)12-6-2-3-11-17-28(33)31-29(25-20-18-24(22-30)19-21-25)36(34-26-13-7-4-8-14-26)35-27-15-9-5-10-16-27/h4-5,7-10,13-16,18-22,29-30H,2-3,6,11-12,17H2,1H3,(H,31,33). The first-order valence-electron chi connectivity index (χ1n) is 12.2. The zero-order chi connectivity index (χ0) is 25.6. The molecule has 0 aromatic heterocycles. The maximum absolute atomic E-state index is 13.0. The molecule has 0 radical (unpaired) electrons. The molecule has 2 N–H and O–H groups in total. The summed E-state index contributed by atoms with van der Waals surface area (Å²) in [4.78, 5) is 24.1. The van der Waals surface area contributed by atoms with Crippen molar-refractivity contribution in [2.24, 2.45) is 0 Å². The van der Waals surface area contributed by atoms with Crippen molar-refractivity contribution in [3.05, 3.63) is 96.1 Å². The maximum atomic E-state index is 13.0. The van der Waals surface area contributed by atoms with Gasteiger partial charge in [0.2, 0.25) is 5.91 Å². The summed E-state index contributed by atoms with van der Waals surface area (Å²) >= 11 is 0. The van der Waals surface area contributed by atoms with Crippen molar-refractivity contribution in [2.75, 3.05) is 0 Å². The van der Waals surface area contributed by atoms with Gasteiger partial charge in [-0.3, -0.25) is 4.79 Å². The minimum absolute atomic E-state index is 0.0801. The Labute approximate surface area is 214 Å². The Morgan fingerprint density at radius 1 is 0.806 bits per heavy atom. The van der Waals surface area contributed by atoms with Gasteiger partial charge in [0.05, 0.1) is 0 Å². The molecule has 3 aromatic carbocycles. The van der Waals surface area contributed by atoms with E-state index < -0.39 is 14.2 Å². The van der Waals surface area contributed by atoms with Crippen LogP contribution < -0.4 is 14.4 Å². The normalized spacial score (nSPS) is 11.5. The summed E-state index contributed by atoms with van der Waals surface area (Å²) in [6.45, 7) is 1.61. The van der Waals surface area contributed by atoms with Crippen molar-refractivity contribution >= 4 is 26.3 Å². The number of carbonyl (C=O) groups excluding carboxylic acids is 2. The molecule has 36 heavy (non-hydrogen) atoms. The molecule has 0 fully saturated rings. The number of unbranched alkanes of at least 4 members (excludes halogenated alkanes) is 3. The highest BCUT2D eigenvalue weighted by Crippen LogP contribution is 2.51. The van der Waals surface area contributed by atoms with Gasteiger partial charge in [0.1, 0.15) is 23.1 Å². The van der Waals surface area contributed by atoms with Crippen molar-refractivity contribution in [2.45, 2.75) is 51.2 Å². The Kier molecular flexibility index (Phi) is 11.1. The van der Waals surface area contributed by atoms with Crippen LogP contribution in [0.25, 0.3) is 0 Å². The summed E-state index contributed by atoms with van der Waals surface area (Å²) in [5.74, 6) is 0.907. The van der Waals surface area contributed by atoms with E-state index in [0.717, 1.165) is 36.8 Å². The number of rotatable bonds is 15. The van der Waals surface area contributed by atoms with E-state index in [-0.39, 0.29) is 11.7 Å². The lowest BCUT2D eigenvalue weighted by atomic mass is 10.1. The van der Waals surface area contributed by atoms with Crippen LogP contribution in [0.4, 0.5) is 0 Å². The summed E-state index contributed by atoms with van der Waals surface area (Å²) < 4.78 is 12.6. The molecule has 0 aliphatic carbocycles. The van der Waals surface area contributed by atoms with Crippen LogP contribution in [0.3, 0.4) is 0 Å². The largest absolute Gasteiger partial charge is 0.437 e. The first-order chi connectivity index (χ1) is 17.5. The smallest absolute Gasteiger partial charge is 0.319 e. The minimum Gasteiger partial charge on any atom is -0.437 e. The van der Waals surface area contributed by atoms with Gasteiger partial charge in [-0.05, 0) is 55.2 Å². The van der Waals surface area contributed by atoms with Gasteiger partial charge >= 0.3 is 8.38 Å². The number of Topliss-reactive ketones (excluding diaryl/α,β-unsaturated/α-hetero) is 1. The number of benzene rings is 3. The van der Waals surface area contributed by atoms with Crippen LogP contribution in [0.2, 0.25) is 0 Å². The van der Waals surface area contributed by atoms with Crippen molar-refractivity contribution in [3.63, 3.8) is 0 Å². The first kappa shape index (κ1) is 27.1. The summed E-state index contributed by atoms with van der Waals surface area (Å²) in [7, 11) is -1.66. The fraction of sp³-hybridized carbons (Fsp3) is 0.276. The molecule has 3 rings (SSSR count). The van der Waals surface area contributed by atoms with E-state index >= 15 is 0 Å². The number of hydrogen-bond acceptors (Lipinski definition) is 5. The summed E-state index contributed by atoms with van der Waals surface area (Å²) in [5.41, 5.74) is 1.61. The van der Waals surface area contributed by atoms with Gasteiger partial charge in [-0.15, -0.1) is 0 Å². The second kappa shape index (κ2) is 14.8. The quantitative estimate of drug-likeness (QED) is 0.130. The van der Waals surface area contributed by atoms with Crippen LogP contribution in [-0.2, 0) is 9.59 Å². The molecule has 1 atom stereocenters. The molecule has 6 nitrogen and oxygen atoms in total. The van der Waals surface area contributed by atoms with Crippen LogP contribution in [0.5, 0.6) is 11.5 Å². The van der Waals surface area contributed by atoms with Crippen molar-refractivity contribution in [3.8, 4) is 11.5 Å². The molecule has 188 valence electrons. The van der Waals surface area contributed by atoms with Crippen LogP contribution in [0.1, 0.15) is 62.4 Å². The van der Waals surface area contributed by atoms with Crippen LogP contribution >= 0.6 is 8.38 Å². The van der Waals surface area contributed by atoms with Crippen LogP contribution in [-0.4, -0.2) is 17.9 Å². The number of nitrogens with one attached hydrogen (secondary N) is 2. The first-order valence-corrected chi connectivity index (χ1v) is 13.4. The predicted molar refractivity (Wildman–Crippen MR) is 145 cm³/mol. The van der Waals surface area contributed by atoms with E-state index in [4.69, 9.17) is 14.5 Å². The van der Waals surface area contributed by atoms with E-state index in [2.05, 4.69) is 5.32 Å². The number of ketones is 1. The molecule has 0 heterocycles. The van der Waals surface area contributed by atoms with Crippen LogP contribution in [0, 0.1) is 5.41 Å². The second-order valence-electron chi connectivity index (χ2n) is 8.49. The summed E-state index contributed by atoms with van der Waals surface area (Å²) in [5, 5.41) is 10.7. The van der Waals surface area contributed by atoms with Gasteiger partial charge < -0.3 is 24.6 Å². The highest BCUT2D eigenvalue weighted by Gasteiger charge is 2.31. The fourth-order valence-electron chi connectivity index (χ4n) is 3.56. The molecule has 0 spiro atoms. The van der Waals surface area contributed by atoms with Crippen molar-refractivity contribution in [1.29, 1.82) is 5.41 Å². The summed E-state index contributed by atoms with van der Waals surface area (Å²) in [6.07, 6.45) is 5.71. The third-order valence-corrected chi connectivity index (χ3v) is 7.12. The summed E-state index contributed by atoms with van der Waals surface area (Å²) in [6, 6.07) is 26.3. The van der Waals surface area contributed by atoms with E-state index in [0.29, 0.717) is 24.3 Å². The zero-order valence-corrected chi connectivity index (χ0v) is 21.5. The molecule has 1 unspecified atom stereocenters. The highest BCUT2D eigenvalue weighted by molar-refractivity contribution is 7.48. The van der Waals surface area contributed by atoms with Gasteiger partial charge in [0.15, 0.2) is 0 Å². The molecule has 7 heteroatoms. The molecule has 0 aliphatic heterocycles. The van der Waals surface area contributed by atoms with Gasteiger partial charge in [-0.2, -0.15) is 0 Å². The maximum Gasteiger partial charge on any atom is 0.319 e. The lowest BCUT2D eigenvalue weighted by molar-refractivity contribution is -0.121. The number of hydrogen-bond donors (Lipinski definition) is 2. The number of para-hydroxylation sites is 2. The molecular weight excluding hydrogens is 471 g/mol. The third-order valence-electron chi connectivity index (χ3n) is 5.49. The van der Waals surface area contributed by atoms with Gasteiger partial charge in [-0.1, -0.05) is 73.5 Å². The third kappa shape index (κ3) is 9.27. The number of amides is 1. The van der Waals surface area contributed by atoms with Crippen molar-refractivity contribution in [1.82, 2.24) is 5.32 Å². The Balaban J connectivity index is 1.78. The molecule has 1 amide bonds. The molecule has 0 bridgehead atoms. The average molecular weight is 505 g/mol. The van der Waals surface area contributed by atoms with E-state index in [1.54, 1.807) is 6.92 Å². The van der Waals surface area contributed by atoms with Gasteiger partial charge in [0.25, 0.3) is 0 Å². The van der Waals surface area contributed by atoms with E-state index in [1.807, 2.05) is 84.9 Å².